The number of rotatable bonds is 4. The quantitative estimate of drug-likeness (QED) is 0.435. The lowest BCUT2D eigenvalue weighted by Crippen LogP contribution is -2.33. The lowest BCUT2D eigenvalue weighted by Gasteiger charge is -2.28. The van der Waals surface area contributed by atoms with Crippen LogP contribution in [0, 0.1) is 0 Å². The van der Waals surface area contributed by atoms with E-state index in [1.807, 2.05) is 13.8 Å². The highest BCUT2D eigenvalue weighted by atomic mass is 32.2. The number of benzene rings is 2. The van der Waals surface area contributed by atoms with Crippen molar-refractivity contribution in [3.05, 3.63) is 48.5 Å². The monoisotopic (exact) mass is 466 g/mol. The lowest BCUT2D eigenvalue weighted by molar-refractivity contribution is 0.340. The van der Waals surface area contributed by atoms with E-state index >= 15 is 0 Å². The molecule has 6 nitrogen and oxygen atoms in total. The van der Waals surface area contributed by atoms with Gasteiger partial charge in [0, 0.05) is 26.2 Å². The van der Waals surface area contributed by atoms with E-state index in [4.69, 9.17) is 0 Å². The normalized spacial score (nSPS) is 18.5. The summed E-state index contributed by atoms with van der Waals surface area (Å²) in [4.78, 5) is 14.5. The largest absolute Gasteiger partial charge is 0.360 e. The fourth-order valence-corrected chi connectivity index (χ4v) is 5.75. The van der Waals surface area contributed by atoms with Crippen LogP contribution in [0.15, 0.2) is 68.3 Å². The van der Waals surface area contributed by atoms with Crippen LogP contribution in [0.1, 0.15) is 52.4 Å². The molecule has 2 heterocycles. The first kappa shape index (κ1) is 23.5. The Hall–Kier alpha value is -2.67. The van der Waals surface area contributed by atoms with Gasteiger partial charge in [-0.05, 0) is 101 Å². The van der Waals surface area contributed by atoms with Gasteiger partial charge in [-0.15, -0.1) is 0 Å². The Morgan fingerprint density at radius 2 is 0.939 bits per heavy atom. The molecule has 0 aromatic heterocycles. The van der Waals surface area contributed by atoms with Gasteiger partial charge in [-0.1, -0.05) is 0 Å². The summed E-state index contributed by atoms with van der Waals surface area (Å²) in [6.45, 7) is 8.21. The van der Waals surface area contributed by atoms with Gasteiger partial charge in [0.1, 0.15) is 11.7 Å². The highest BCUT2D eigenvalue weighted by Crippen LogP contribution is 2.26. The molecule has 0 spiro atoms. The standard InChI is InChI=1S/C26H34N4O2S/c1-21(29-17-5-3-6-18-29)27-23-9-13-25(14-10-23)33(31,32)26-15-11-24(12-16-26)28-22(2)30-19-7-4-8-20-30/h9-16H,3-8,17-20H2,1-2H3. The third-order valence-corrected chi connectivity index (χ3v) is 8.29. The smallest absolute Gasteiger partial charge is 0.206 e. The zero-order valence-corrected chi connectivity index (χ0v) is 20.5. The Morgan fingerprint density at radius 1 is 0.606 bits per heavy atom. The third-order valence-electron chi connectivity index (χ3n) is 6.50. The van der Waals surface area contributed by atoms with Gasteiger partial charge >= 0.3 is 0 Å². The van der Waals surface area contributed by atoms with E-state index in [1.54, 1.807) is 48.5 Å². The zero-order valence-electron chi connectivity index (χ0n) is 19.7. The van der Waals surface area contributed by atoms with Crippen molar-refractivity contribution in [2.75, 3.05) is 26.2 Å². The lowest BCUT2D eigenvalue weighted by atomic mass is 10.1. The van der Waals surface area contributed by atoms with Crippen LogP contribution < -0.4 is 0 Å². The molecule has 7 heteroatoms. The molecule has 0 aliphatic carbocycles. The van der Waals surface area contributed by atoms with Gasteiger partial charge < -0.3 is 9.80 Å². The van der Waals surface area contributed by atoms with E-state index in [2.05, 4.69) is 19.8 Å². The van der Waals surface area contributed by atoms with Crippen molar-refractivity contribution < 1.29 is 8.42 Å². The first-order valence-corrected chi connectivity index (χ1v) is 13.5. The molecule has 0 unspecified atom stereocenters. The highest BCUT2D eigenvalue weighted by Gasteiger charge is 2.18. The van der Waals surface area contributed by atoms with Gasteiger partial charge in [-0.25, -0.2) is 18.4 Å². The molecular weight excluding hydrogens is 432 g/mol. The molecule has 33 heavy (non-hydrogen) atoms. The van der Waals surface area contributed by atoms with Crippen LogP contribution >= 0.6 is 0 Å². The van der Waals surface area contributed by atoms with Gasteiger partial charge in [0.15, 0.2) is 0 Å². The van der Waals surface area contributed by atoms with Crippen LogP contribution in [0.5, 0.6) is 0 Å². The summed E-state index contributed by atoms with van der Waals surface area (Å²) in [6, 6.07) is 13.7. The van der Waals surface area contributed by atoms with Gasteiger partial charge in [0.25, 0.3) is 0 Å². The predicted octanol–water partition coefficient (Wildman–Crippen LogP) is 5.59. The van der Waals surface area contributed by atoms with Crippen LogP contribution in [0.3, 0.4) is 0 Å². The van der Waals surface area contributed by atoms with Crippen molar-refractivity contribution in [2.24, 2.45) is 9.98 Å². The van der Waals surface area contributed by atoms with E-state index in [0.29, 0.717) is 0 Å². The van der Waals surface area contributed by atoms with Gasteiger partial charge in [0.2, 0.25) is 9.84 Å². The molecular formula is C26H34N4O2S. The number of sulfone groups is 1. The summed E-state index contributed by atoms with van der Waals surface area (Å²) < 4.78 is 26.2. The van der Waals surface area contributed by atoms with Gasteiger partial charge in [-0.2, -0.15) is 0 Å². The van der Waals surface area contributed by atoms with Crippen LogP contribution in [0.2, 0.25) is 0 Å². The Kier molecular flexibility index (Phi) is 7.48. The maximum absolute atomic E-state index is 13.1. The Labute approximate surface area is 198 Å². The third kappa shape index (κ3) is 5.82. The fourth-order valence-electron chi connectivity index (χ4n) is 4.49. The van der Waals surface area contributed by atoms with E-state index in [1.165, 1.54) is 38.5 Å². The molecule has 0 amide bonds. The fraction of sp³-hybridized carbons (Fsp3) is 0.462. The average Bonchev–Trinajstić information content (AvgIpc) is 2.86. The minimum Gasteiger partial charge on any atom is -0.360 e. The number of nitrogens with zero attached hydrogens (tertiary/aromatic N) is 4. The summed E-state index contributed by atoms with van der Waals surface area (Å²) in [5.74, 6) is 1.97. The highest BCUT2D eigenvalue weighted by molar-refractivity contribution is 7.91. The number of likely N-dealkylation sites (tertiary alicyclic amines) is 2. The molecule has 0 N–H and O–H groups in total. The number of piperidine rings is 2. The second-order valence-corrected chi connectivity index (χ2v) is 10.9. The molecule has 0 saturated carbocycles. The topological polar surface area (TPSA) is 65.3 Å². The SMILES string of the molecule is CC(=Nc1ccc(S(=O)(=O)c2ccc(N=C(C)N3CCCCC3)cc2)cc1)N1CCCCC1. The van der Waals surface area contributed by atoms with E-state index in [0.717, 1.165) is 49.2 Å². The van der Waals surface area contributed by atoms with Gasteiger partial charge in [-0.3, -0.25) is 0 Å². The van der Waals surface area contributed by atoms with Gasteiger partial charge in [0.05, 0.1) is 21.2 Å². The van der Waals surface area contributed by atoms with Crippen molar-refractivity contribution in [1.29, 1.82) is 0 Å². The molecule has 0 bridgehead atoms. The van der Waals surface area contributed by atoms with E-state index < -0.39 is 9.84 Å². The summed E-state index contributed by atoms with van der Waals surface area (Å²) >= 11 is 0. The number of hydrogen-bond acceptors (Lipinski definition) is 4. The molecule has 2 saturated heterocycles. The van der Waals surface area contributed by atoms with Crippen molar-refractivity contribution >= 4 is 32.9 Å². The van der Waals surface area contributed by atoms with Crippen LogP contribution in [-0.4, -0.2) is 56.1 Å². The molecule has 4 rings (SSSR count). The van der Waals surface area contributed by atoms with Crippen molar-refractivity contribution in [2.45, 2.75) is 62.2 Å². The van der Waals surface area contributed by atoms with E-state index in [9.17, 15) is 8.42 Å². The molecule has 0 radical (unpaired) electrons. The Bertz CT molecular complexity index is 1010. The van der Waals surface area contributed by atoms with Crippen LogP contribution in [0.4, 0.5) is 11.4 Å². The minimum atomic E-state index is -3.59. The van der Waals surface area contributed by atoms with Crippen molar-refractivity contribution in [1.82, 2.24) is 9.80 Å². The number of amidine groups is 2. The van der Waals surface area contributed by atoms with Crippen molar-refractivity contribution in [3.8, 4) is 0 Å². The Balaban J connectivity index is 1.46. The zero-order chi connectivity index (χ0) is 23.3. The van der Waals surface area contributed by atoms with Crippen molar-refractivity contribution in [3.63, 3.8) is 0 Å². The second kappa shape index (κ2) is 10.5. The second-order valence-electron chi connectivity index (χ2n) is 8.90. The first-order chi connectivity index (χ1) is 15.9. The molecule has 0 atom stereocenters. The summed E-state index contributed by atoms with van der Waals surface area (Å²) in [5, 5.41) is 0. The van der Waals surface area contributed by atoms with E-state index in [-0.39, 0.29) is 9.79 Å². The summed E-state index contributed by atoms with van der Waals surface area (Å²) in [5.41, 5.74) is 1.55. The number of hydrogen-bond donors (Lipinski definition) is 0. The van der Waals surface area contributed by atoms with Crippen LogP contribution in [0.25, 0.3) is 0 Å². The number of aliphatic imine (C=N–C) groups is 2. The summed E-state index contributed by atoms with van der Waals surface area (Å²) in [7, 11) is -3.59. The van der Waals surface area contributed by atoms with Crippen LogP contribution in [-0.2, 0) is 9.84 Å². The maximum atomic E-state index is 13.1. The molecule has 2 aromatic carbocycles. The molecule has 176 valence electrons. The molecule has 2 aromatic rings. The predicted molar refractivity (Wildman–Crippen MR) is 135 cm³/mol. The Morgan fingerprint density at radius 3 is 1.27 bits per heavy atom. The summed E-state index contributed by atoms with van der Waals surface area (Å²) in [6.07, 6.45) is 7.36. The minimum absolute atomic E-state index is 0.276. The molecule has 2 aliphatic heterocycles. The maximum Gasteiger partial charge on any atom is 0.206 e. The first-order valence-electron chi connectivity index (χ1n) is 12.0. The molecule has 2 aliphatic rings. The molecule has 2 fully saturated rings. The average molecular weight is 467 g/mol.